The first-order chi connectivity index (χ1) is 8.45. The Hall–Kier alpha value is -1.27. The number of aromatic nitrogens is 1. The van der Waals surface area contributed by atoms with Crippen LogP contribution in [0.25, 0.3) is 0 Å². The van der Waals surface area contributed by atoms with E-state index in [9.17, 15) is 8.78 Å². The van der Waals surface area contributed by atoms with E-state index in [-0.39, 0.29) is 26.2 Å². The number of pyridine rings is 1. The molecule has 0 aliphatic carbocycles. The van der Waals surface area contributed by atoms with E-state index in [1.165, 1.54) is 4.90 Å². The van der Waals surface area contributed by atoms with E-state index in [1.807, 2.05) is 13.8 Å². The van der Waals surface area contributed by atoms with Crippen LogP contribution in [0.15, 0.2) is 6.20 Å². The van der Waals surface area contributed by atoms with Crippen molar-refractivity contribution in [3.8, 4) is 0 Å². The molecule has 0 atom stereocenters. The van der Waals surface area contributed by atoms with Gasteiger partial charge in [0.1, 0.15) is 0 Å². The van der Waals surface area contributed by atoms with Crippen LogP contribution in [0.3, 0.4) is 0 Å². The van der Waals surface area contributed by atoms with Crippen LogP contribution < -0.4 is 5.73 Å². The third-order valence-electron chi connectivity index (χ3n) is 2.86. The van der Waals surface area contributed by atoms with Crippen LogP contribution in [0.2, 0.25) is 0 Å². The Balaban J connectivity index is 2.83. The van der Waals surface area contributed by atoms with Gasteiger partial charge in [0, 0.05) is 25.0 Å². The zero-order chi connectivity index (χ0) is 13.7. The van der Waals surface area contributed by atoms with Gasteiger partial charge in [-0.2, -0.15) is 0 Å². The summed E-state index contributed by atoms with van der Waals surface area (Å²) in [5.74, 6) is 0. The van der Waals surface area contributed by atoms with Gasteiger partial charge in [0.15, 0.2) is 0 Å². The molecule has 0 spiro atoms. The van der Waals surface area contributed by atoms with E-state index in [1.54, 1.807) is 6.20 Å². The van der Waals surface area contributed by atoms with Gasteiger partial charge >= 0.3 is 0 Å². The van der Waals surface area contributed by atoms with Crippen LogP contribution in [-0.2, 0) is 6.54 Å². The van der Waals surface area contributed by atoms with Crippen molar-refractivity contribution in [2.45, 2.75) is 26.8 Å². The van der Waals surface area contributed by atoms with Crippen LogP contribution in [0, 0.1) is 13.8 Å². The number of aryl methyl sites for hydroxylation is 1. The SMILES string of the molecule is Cc1cnc(CN(CCO)CC(F)F)c(C)c1N. The molecule has 0 radical (unpaired) electrons. The molecule has 0 aliphatic heterocycles. The van der Waals surface area contributed by atoms with E-state index < -0.39 is 6.43 Å². The molecule has 1 rings (SSSR count). The highest BCUT2D eigenvalue weighted by atomic mass is 19.3. The lowest BCUT2D eigenvalue weighted by Crippen LogP contribution is -2.31. The lowest BCUT2D eigenvalue weighted by atomic mass is 10.1. The van der Waals surface area contributed by atoms with Gasteiger partial charge in [-0.05, 0) is 25.0 Å². The minimum Gasteiger partial charge on any atom is -0.398 e. The molecular weight excluding hydrogens is 240 g/mol. The first-order valence-electron chi connectivity index (χ1n) is 5.77. The number of nitrogens with two attached hydrogens (primary N) is 1. The van der Waals surface area contributed by atoms with Crippen molar-refractivity contribution in [2.24, 2.45) is 0 Å². The Labute approximate surface area is 105 Å². The van der Waals surface area contributed by atoms with Crippen LogP contribution in [0.5, 0.6) is 0 Å². The maximum absolute atomic E-state index is 12.4. The van der Waals surface area contributed by atoms with Crippen molar-refractivity contribution in [1.82, 2.24) is 9.88 Å². The molecule has 4 nitrogen and oxygen atoms in total. The number of rotatable bonds is 6. The number of hydrogen-bond acceptors (Lipinski definition) is 4. The molecule has 0 saturated heterocycles. The molecule has 0 saturated carbocycles. The molecular formula is C12H19F2N3O. The highest BCUT2D eigenvalue weighted by Gasteiger charge is 2.15. The molecule has 6 heteroatoms. The second-order valence-electron chi connectivity index (χ2n) is 4.28. The Morgan fingerprint density at radius 3 is 2.67 bits per heavy atom. The van der Waals surface area contributed by atoms with E-state index in [4.69, 9.17) is 10.8 Å². The molecule has 1 heterocycles. The zero-order valence-electron chi connectivity index (χ0n) is 10.7. The number of nitrogen functional groups attached to an aromatic ring is 1. The number of hydrogen-bond donors (Lipinski definition) is 2. The third kappa shape index (κ3) is 3.89. The molecule has 0 amide bonds. The summed E-state index contributed by atoms with van der Waals surface area (Å²) in [5, 5.41) is 8.86. The minimum absolute atomic E-state index is 0.160. The lowest BCUT2D eigenvalue weighted by Gasteiger charge is -2.21. The van der Waals surface area contributed by atoms with E-state index in [2.05, 4.69) is 4.98 Å². The van der Waals surface area contributed by atoms with Crippen molar-refractivity contribution in [3.63, 3.8) is 0 Å². The monoisotopic (exact) mass is 259 g/mol. The maximum Gasteiger partial charge on any atom is 0.251 e. The Kier molecular flexibility index (Phi) is 5.43. The molecule has 102 valence electrons. The zero-order valence-corrected chi connectivity index (χ0v) is 10.7. The number of alkyl halides is 2. The summed E-state index contributed by atoms with van der Waals surface area (Å²) in [5.41, 5.74) is 8.88. The molecule has 0 aliphatic rings. The van der Waals surface area contributed by atoms with Crippen molar-refractivity contribution >= 4 is 5.69 Å². The molecule has 0 aromatic carbocycles. The first-order valence-corrected chi connectivity index (χ1v) is 5.77. The molecule has 0 fully saturated rings. The summed E-state index contributed by atoms with van der Waals surface area (Å²) in [4.78, 5) is 5.69. The van der Waals surface area contributed by atoms with Gasteiger partial charge < -0.3 is 10.8 Å². The average Bonchev–Trinajstić information content (AvgIpc) is 2.29. The van der Waals surface area contributed by atoms with Crippen LogP contribution in [0.1, 0.15) is 16.8 Å². The molecule has 0 unspecified atom stereocenters. The number of halogens is 2. The summed E-state index contributed by atoms with van der Waals surface area (Å²) in [7, 11) is 0. The van der Waals surface area contributed by atoms with E-state index in [0.29, 0.717) is 11.4 Å². The van der Waals surface area contributed by atoms with Gasteiger partial charge in [-0.1, -0.05) is 0 Å². The average molecular weight is 259 g/mol. The topological polar surface area (TPSA) is 62.4 Å². The standard InChI is InChI=1S/C12H19F2N3O/c1-8-5-16-10(9(2)12(8)15)6-17(3-4-18)7-11(13)14/h5,11,18H,3-4,6-7H2,1-2H3,(H2,15,16). The van der Waals surface area contributed by atoms with Crippen molar-refractivity contribution < 1.29 is 13.9 Å². The van der Waals surface area contributed by atoms with Gasteiger partial charge in [-0.25, -0.2) is 8.78 Å². The van der Waals surface area contributed by atoms with Crippen molar-refractivity contribution in [3.05, 3.63) is 23.0 Å². The summed E-state index contributed by atoms with van der Waals surface area (Å²) in [6.45, 7) is 3.59. The second-order valence-corrected chi connectivity index (χ2v) is 4.28. The second kappa shape index (κ2) is 6.61. The van der Waals surface area contributed by atoms with Gasteiger partial charge in [0.25, 0.3) is 6.43 Å². The Morgan fingerprint density at radius 2 is 2.11 bits per heavy atom. The predicted molar refractivity (Wildman–Crippen MR) is 66.5 cm³/mol. The number of nitrogens with zero attached hydrogens (tertiary/aromatic N) is 2. The van der Waals surface area contributed by atoms with Crippen LogP contribution in [0.4, 0.5) is 14.5 Å². The first kappa shape index (κ1) is 14.8. The Bertz CT molecular complexity index is 399. The summed E-state index contributed by atoms with van der Waals surface area (Å²) < 4.78 is 24.8. The molecule has 0 bridgehead atoms. The smallest absolute Gasteiger partial charge is 0.251 e. The van der Waals surface area contributed by atoms with Gasteiger partial charge in [-0.15, -0.1) is 0 Å². The highest BCUT2D eigenvalue weighted by molar-refractivity contribution is 5.53. The molecule has 1 aromatic heterocycles. The van der Waals surface area contributed by atoms with Crippen molar-refractivity contribution in [2.75, 3.05) is 25.4 Å². The summed E-state index contributed by atoms with van der Waals surface area (Å²) >= 11 is 0. The number of aliphatic hydroxyl groups is 1. The fraction of sp³-hybridized carbons (Fsp3) is 0.583. The lowest BCUT2D eigenvalue weighted by molar-refractivity contribution is 0.0739. The normalized spacial score (nSPS) is 11.5. The van der Waals surface area contributed by atoms with E-state index in [0.717, 1.165) is 11.1 Å². The highest BCUT2D eigenvalue weighted by Crippen LogP contribution is 2.19. The minimum atomic E-state index is -2.43. The summed E-state index contributed by atoms with van der Waals surface area (Å²) in [6.07, 6.45) is -0.795. The predicted octanol–water partition coefficient (Wildman–Crippen LogP) is 1.34. The van der Waals surface area contributed by atoms with Crippen molar-refractivity contribution in [1.29, 1.82) is 0 Å². The van der Waals surface area contributed by atoms with Gasteiger partial charge in [0.2, 0.25) is 0 Å². The number of anilines is 1. The van der Waals surface area contributed by atoms with Gasteiger partial charge in [-0.3, -0.25) is 9.88 Å². The van der Waals surface area contributed by atoms with Gasteiger partial charge in [0.05, 0.1) is 18.8 Å². The fourth-order valence-corrected chi connectivity index (χ4v) is 1.74. The third-order valence-corrected chi connectivity index (χ3v) is 2.86. The molecule has 18 heavy (non-hydrogen) atoms. The van der Waals surface area contributed by atoms with E-state index >= 15 is 0 Å². The molecule has 3 N–H and O–H groups in total. The maximum atomic E-state index is 12.4. The quantitative estimate of drug-likeness (QED) is 0.809. The largest absolute Gasteiger partial charge is 0.398 e. The summed E-state index contributed by atoms with van der Waals surface area (Å²) in [6, 6.07) is 0. The van der Waals surface area contributed by atoms with Crippen LogP contribution in [-0.4, -0.2) is 41.1 Å². The number of aliphatic hydroxyl groups excluding tert-OH is 1. The fourth-order valence-electron chi connectivity index (χ4n) is 1.74. The molecule has 1 aromatic rings. The Morgan fingerprint density at radius 1 is 1.44 bits per heavy atom. The van der Waals surface area contributed by atoms with Crippen LogP contribution >= 0.6 is 0 Å².